The van der Waals surface area contributed by atoms with E-state index >= 15 is 0 Å². The summed E-state index contributed by atoms with van der Waals surface area (Å²) in [6.45, 7) is 10.3. The molecule has 1 heterocycles. The lowest BCUT2D eigenvalue weighted by molar-refractivity contribution is -0.127. The van der Waals surface area contributed by atoms with E-state index in [2.05, 4.69) is 22.2 Å². The Morgan fingerprint density at radius 1 is 1.43 bits per heavy atom. The lowest BCUT2D eigenvalue weighted by atomic mass is 10.2. The number of likely N-dealkylation sites (N-methyl/N-ethyl adjacent to an activating group) is 1. The molecule has 0 bridgehead atoms. The molecule has 0 aliphatic rings. The molecule has 6 nitrogen and oxygen atoms in total. The second kappa shape index (κ2) is 10.3. The number of carbonyl (C=O) groups excluding carboxylic acids is 1. The molecule has 1 unspecified atom stereocenters. The summed E-state index contributed by atoms with van der Waals surface area (Å²) in [5.74, 6) is 2.18. The molecule has 0 spiro atoms. The molecule has 0 aliphatic carbocycles. The number of guanidine groups is 1. The van der Waals surface area contributed by atoms with Crippen molar-refractivity contribution in [2.24, 2.45) is 4.99 Å². The Kier molecular flexibility index (Phi) is 9.62. The topological polar surface area (TPSA) is 69.9 Å². The van der Waals surface area contributed by atoms with Gasteiger partial charge in [0, 0.05) is 20.6 Å². The highest BCUT2D eigenvalue weighted by atomic mass is 127. The van der Waals surface area contributed by atoms with Crippen LogP contribution in [0.4, 0.5) is 0 Å². The minimum absolute atomic E-state index is 0. The van der Waals surface area contributed by atoms with Crippen molar-refractivity contribution in [1.82, 2.24) is 15.5 Å². The first-order valence-corrected chi connectivity index (χ1v) is 7.25. The Bertz CT molecular complexity index is 552. The SMILES string of the molecule is C=C(C)CNC(=NCC(=O)N(C)C)NC(C)c1ccc(C)o1.I. The number of aliphatic imine (C=N–C) groups is 1. The number of nitrogens with one attached hydrogen (secondary N) is 2. The van der Waals surface area contributed by atoms with Crippen molar-refractivity contribution in [3.63, 3.8) is 0 Å². The van der Waals surface area contributed by atoms with Crippen molar-refractivity contribution in [3.05, 3.63) is 35.8 Å². The fourth-order valence-electron chi connectivity index (χ4n) is 1.64. The van der Waals surface area contributed by atoms with E-state index in [4.69, 9.17) is 4.42 Å². The van der Waals surface area contributed by atoms with Crippen molar-refractivity contribution in [3.8, 4) is 0 Å². The molecule has 0 saturated carbocycles. The van der Waals surface area contributed by atoms with E-state index < -0.39 is 0 Å². The molecule has 2 N–H and O–H groups in total. The summed E-state index contributed by atoms with van der Waals surface area (Å²) in [5, 5.41) is 6.38. The number of hydrogen-bond acceptors (Lipinski definition) is 3. The minimum Gasteiger partial charge on any atom is -0.464 e. The van der Waals surface area contributed by atoms with Gasteiger partial charge in [0.25, 0.3) is 0 Å². The fraction of sp³-hybridized carbons (Fsp3) is 0.500. The summed E-state index contributed by atoms with van der Waals surface area (Å²) in [4.78, 5) is 17.5. The van der Waals surface area contributed by atoms with Crippen molar-refractivity contribution in [2.45, 2.75) is 26.8 Å². The fourth-order valence-corrected chi connectivity index (χ4v) is 1.64. The number of hydrogen-bond donors (Lipinski definition) is 2. The summed E-state index contributed by atoms with van der Waals surface area (Å²) in [7, 11) is 3.42. The maximum Gasteiger partial charge on any atom is 0.243 e. The van der Waals surface area contributed by atoms with Gasteiger partial charge in [0.05, 0.1) is 6.04 Å². The van der Waals surface area contributed by atoms with Gasteiger partial charge in [-0.15, -0.1) is 24.0 Å². The average Bonchev–Trinajstić information content (AvgIpc) is 2.87. The molecule has 0 aromatic carbocycles. The van der Waals surface area contributed by atoms with Crippen LogP contribution in [0.15, 0.2) is 33.7 Å². The lowest BCUT2D eigenvalue weighted by Gasteiger charge is -2.17. The summed E-state index contributed by atoms with van der Waals surface area (Å²) in [6, 6.07) is 3.79. The molecule has 0 saturated heterocycles. The normalized spacial score (nSPS) is 12.1. The van der Waals surface area contributed by atoms with Gasteiger partial charge in [-0.1, -0.05) is 12.2 Å². The van der Waals surface area contributed by atoms with Crippen LogP contribution in [0.3, 0.4) is 0 Å². The molecule has 1 rings (SSSR count). The summed E-state index contributed by atoms with van der Waals surface area (Å²) < 4.78 is 5.60. The third kappa shape index (κ3) is 8.06. The Balaban J connectivity index is 0.00000484. The highest BCUT2D eigenvalue weighted by molar-refractivity contribution is 14.0. The van der Waals surface area contributed by atoms with Crippen molar-refractivity contribution >= 4 is 35.8 Å². The standard InChI is InChI=1S/C16H26N4O2.HI/c1-11(2)9-17-16(18-10-15(21)20(5)6)19-13(4)14-8-7-12(3)22-14;/h7-8,13H,1,9-10H2,2-6H3,(H2,17,18,19);1H. The van der Waals surface area contributed by atoms with E-state index in [0.717, 1.165) is 17.1 Å². The monoisotopic (exact) mass is 434 g/mol. The molecule has 0 radical (unpaired) electrons. The molecule has 1 aromatic heterocycles. The van der Waals surface area contributed by atoms with Gasteiger partial charge in [-0.25, -0.2) is 4.99 Å². The molecule has 7 heteroatoms. The van der Waals surface area contributed by atoms with Crippen LogP contribution < -0.4 is 10.6 Å². The highest BCUT2D eigenvalue weighted by Crippen LogP contribution is 2.15. The Morgan fingerprint density at radius 3 is 2.57 bits per heavy atom. The molecule has 130 valence electrons. The molecule has 23 heavy (non-hydrogen) atoms. The van der Waals surface area contributed by atoms with Crippen LogP contribution >= 0.6 is 24.0 Å². The molecule has 1 aromatic rings. The van der Waals surface area contributed by atoms with E-state index in [1.807, 2.05) is 32.9 Å². The van der Waals surface area contributed by atoms with Crippen LogP contribution in [0.25, 0.3) is 0 Å². The summed E-state index contributed by atoms with van der Waals surface area (Å²) in [5.41, 5.74) is 0.981. The summed E-state index contributed by atoms with van der Waals surface area (Å²) in [6.07, 6.45) is 0. The van der Waals surface area contributed by atoms with Crippen LogP contribution in [-0.2, 0) is 4.79 Å². The minimum atomic E-state index is -0.0575. The second-order valence-corrected chi connectivity index (χ2v) is 5.58. The van der Waals surface area contributed by atoms with Crippen LogP contribution in [0.1, 0.15) is 31.4 Å². The van der Waals surface area contributed by atoms with Crippen LogP contribution in [0, 0.1) is 6.92 Å². The number of nitrogens with zero attached hydrogens (tertiary/aromatic N) is 2. The Hall–Kier alpha value is -1.51. The van der Waals surface area contributed by atoms with Crippen LogP contribution in [-0.4, -0.2) is 44.0 Å². The lowest BCUT2D eigenvalue weighted by Crippen LogP contribution is -2.40. The van der Waals surface area contributed by atoms with E-state index in [9.17, 15) is 4.79 Å². The van der Waals surface area contributed by atoms with Gasteiger partial charge in [0.15, 0.2) is 5.96 Å². The third-order valence-corrected chi connectivity index (χ3v) is 2.97. The number of furan rings is 1. The first-order valence-electron chi connectivity index (χ1n) is 7.25. The number of rotatable bonds is 6. The average molecular weight is 434 g/mol. The summed E-state index contributed by atoms with van der Waals surface area (Å²) >= 11 is 0. The van der Waals surface area contributed by atoms with Gasteiger partial charge >= 0.3 is 0 Å². The maximum absolute atomic E-state index is 11.7. The van der Waals surface area contributed by atoms with Crippen LogP contribution in [0.2, 0.25) is 0 Å². The van der Waals surface area contributed by atoms with Gasteiger partial charge in [0.2, 0.25) is 5.91 Å². The van der Waals surface area contributed by atoms with Gasteiger partial charge < -0.3 is 20.0 Å². The zero-order chi connectivity index (χ0) is 16.7. The molecule has 0 aliphatic heterocycles. The number of aryl methyl sites for hydroxylation is 1. The number of amides is 1. The first kappa shape index (κ1) is 21.5. The number of carbonyl (C=O) groups is 1. The van der Waals surface area contributed by atoms with Crippen molar-refractivity contribution in [1.29, 1.82) is 0 Å². The molecule has 0 fully saturated rings. The zero-order valence-electron chi connectivity index (χ0n) is 14.5. The van der Waals surface area contributed by atoms with Crippen LogP contribution in [0.5, 0.6) is 0 Å². The number of halogens is 1. The molecular weight excluding hydrogens is 407 g/mol. The largest absolute Gasteiger partial charge is 0.464 e. The second-order valence-electron chi connectivity index (χ2n) is 5.58. The predicted molar refractivity (Wildman–Crippen MR) is 104 cm³/mol. The van der Waals surface area contributed by atoms with E-state index in [1.165, 1.54) is 4.90 Å². The van der Waals surface area contributed by atoms with E-state index in [1.54, 1.807) is 14.1 Å². The molecule has 1 atom stereocenters. The quantitative estimate of drug-likeness (QED) is 0.313. The zero-order valence-corrected chi connectivity index (χ0v) is 16.8. The van der Waals surface area contributed by atoms with Gasteiger partial charge in [-0.3, -0.25) is 4.79 Å². The van der Waals surface area contributed by atoms with E-state index in [-0.39, 0.29) is 42.5 Å². The molecular formula is C16H27IN4O2. The predicted octanol–water partition coefficient (Wildman–Crippen LogP) is 2.47. The third-order valence-electron chi connectivity index (χ3n) is 2.97. The van der Waals surface area contributed by atoms with Gasteiger partial charge in [-0.2, -0.15) is 0 Å². The van der Waals surface area contributed by atoms with Crippen molar-refractivity contribution < 1.29 is 9.21 Å². The molecule has 1 amide bonds. The van der Waals surface area contributed by atoms with Gasteiger partial charge in [-0.05, 0) is 32.9 Å². The first-order chi connectivity index (χ1) is 10.3. The Morgan fingerprint density at radius 2 is 2.09 bits per heavy atom. The Labute approximate surface area is 155 Å². The highest BCUT2D eigenvalue weighted by Gasteiger charge is 2.12. The van der Waals surface area contributed by atoms with E-state index in [0.29, 0.717) is 12.5 Å². The smallest absolute Gasteiger partial charge is 0.243 e. The van der Waals surface area contributed by atoms with Gasteiger partial charge in [0.1, 0.15) is 18.1 Å². The van der Waals surface area contributed by atoms with Crippen molar-refractivity contribution in [2.75, 3.05) is 27.2 Å². The maximum atomic E-state index is 11.7.